The first-order valence-electron chi connectivity index (χ1n) is 9.38. The highest BCUT2D eigenvalue weighted by molar-refractivity contribution is 5.89. The van der Waals surface area contributed by atoms with Gasteiger partial charge in [0.05, 0.1) is 26.5 Å². The standard InChI is InChI=1S/C20H28N4O3/c1-5-16-7-6-10-23(16)20(25)21-19-11-14(2)22-24(19)13-15-8-9-17(26-3)18(12-15)27-4/h8-9,11-12,16H,5-7,10,13H2,1-4H3,(H,21,25)/t16-/m1/s1. The minimum Gasteiger partial charge on any atom is -0.493 e. The van der Waals surface area contributed by atoms with Crippen LogP contribution in [-0.4, -0.2) is 47.5 Å². The number of anilines is 1. The summed E-state index contributed by atoms with van der Waals surface area (Å²) in [5.41, 5.74) is 1.87. The molecule has 27 heavy (non-hydrogen) atoms. The number of rotatable bonds is 6. The third-order valence-electron chi connectivity index (χ3n) is 5.03. The van der Waals surface area contributed by atoms with Gasteiger partial charge in [0.2, 0.25) is 0 Å². The van der Waals surface area contributed by atoms with Crippen LogP contribution in [0.4, 0.5) is 10.6 Å². The Kier molecular flexibility index (Phi) is 5.88. The van der Waals surface area contributed by atoms with E-state index in [9.17, 15) is 4.79 Å². The molecule has 1 fully saturated rings. The SMILES string of the molecule is CC[C@@H]1CCCN1C(=O)Nc1cc(C)nn1Cc1ccc(OC)c(OC)c1. The van der Waals surface area contributed by atoms with E-state index in [1.807, 2.05) is 40.8 Å². The number of methoxy groups -OCH3 is 2. The molecule has 7 nitrogen and oxygen atoms in total. The second kappa shape index (κ2) is 8.33. The zero-order chi connectivity index (χ0) is 19.4. The molecule has 1 saturated heterocycles. The van der Waals surface area contributed by atoms with Gasteiger partial charge in [0.1, 0.15) is 5.82 Å². The normalized spacial score (nSPS) is 16.4. The molecule has 1 aliphatic rings. The minimum atomic E-state index is -0.0483. The van der Waals surface area contributed by atoms with E-state index in [1.165, 1.54) is 0 Å². The first kappa shape index (κ1) is 19.1. The number of ether oxygens (including phenoxy) is 2. The number of benzene rings is 1. The first-order chi connectivity index (χ1) is 13.0. The molecular formula is C20H28N4O3. The van der Waals surface area contributed by atoms with Gasteiger partial charge in [0, 0.05) is 18.7 Å². The lowest BCUT2D eigenvalue weighted by Crippen LogP contribution is -2.38. The maximum atomic E-state index is 12.7. The van der Waals surface area contributed by atoms with Gasteiger partial charge in [-0.05, 0) is 43.9 Å². The topological polar surface area (TPSA) is 68.6 Å². The number of nitrogens with zero attached hydrogens (tertiary/aromatic N) is 3. The van der Waals surface area contributed by atoms with Crippen LogP contribution in [0.25, 0.3) is 0 Å². The molecule has 0 radical (unpaired) electrons. The van der Waals surface area contributed by atoms with Gasteiger partial charge in [0.15, 0.2) is 11.5 Å². The Labute approximate surface area is 160 Å². The van der Waals surface area contributed by atoms with Gasteiger partial charge in [-0.2, -0.15) is 5.10 Å². The molecule has 3 rings (SSSR count). The average molecular weight is 372 g/mol. The molecule has 2 heterocycles. The molecule has 1 aromatic carbocycles. The summed E-state index contributed by atoms with van der Waals surface area (Å²) in [5, 5.41) is 7.57. The average Bonchev–Trinajstić information content (AvgIpc) is 3.28. The van der Waals surface area contributed by atoms with E-state index in [4.69, 9.17) is 9.47 Å². The molecule has 7 heteroatoms. The van der Waals surface area contributed by atoms with Gasteiger partial charge >= 0.3 is 6.03 Å². The van der Waals surface area contributed by atoms with Crippen LogP contribution in [0.3, 0.4) is 0 Å². The molecule has 146 valence electrons. The van der Waals surface area contributed by atoms with Crippen molar-refractivity contribution in [3.05, 3.63) is 35.5 Å². The molecule has 0 spiro atoms. The van der Waals surface area contributed by atoms with Crippen LogP contribution in [0.1, 0.15) is 37.4 Å². The molecular weight excluding hydrogens is 344 g/mol. The predicted octanol–water partition coefficient (Wildman–Crippen LogP) is 3.66. The largest absolute Gasteiger partial charge is 0.493 e. The fraction of sp³-hybridized carbons (Fsp3) is 0.500. The Bertz CT molecular complexity index is 803. The molecule has 1 aliphatic heterocycles. The zero-order valence-corrected chi connectivity index (χ0v) is 16.5. The molecule has 0 bridgehead atoms. The summed E-state index contributed by atoms with van der Waals surface area (Å²) < 4.78 is 12.5. The van der Waals surface area contributed by atoms with Crippen LogP contribution in [-0.2, 0) is 6.54 Å². The van der Waals surface area contributed by atoms with E-state index in [2.05, 4.69) is 17.3 Å². The van der Waals surface area contributed by atoms with Gasteiger partial charge in [-0.1, -0.05) is 13.0 Å². The molecule has 0 aliphatic carbocycles. The number of aryl methyl sites for hydroxylation is 1. The van der Waals surface area contributed by atoms with Crippen LogP contribution in [0.5, 0.6) is 11.5 Å². The van der Waals surface area contributed by atoms with Gasteiger partial charge in [-0.15, -0.1) is 0 Å². The van der Waals surface area contributed by atoms with E-state index in [1.54, 1.807) is 14.2 Å². The van der Waals surface area contributed by atoms with Crippen molar-refractivity contribution in [3.63, 3.8) is 0 Å². The van der Waals surface area contributed by atoms with E-state index >= 15 is 0 Å². The van der Waals surface area contributed by atoms with Crippen molar-refractivity contribution >= 4 is 11.8 Å². The molecule has 0 saturated carbocycles. The van der Waals surface area contributed by atoms with Crippen LogP contribution in [0.2, 0.25) is 0 Å². The van der Waals surface area contributed by atoms with Crippen molar-refractivity contribution in [1.82, 2.24) is 14.7 Å². The highest BCUT2D eigenvalue weighted by atomic mass is 16.5. The lowest BCUT2D eigenvalue weighted by Gasteiger charge is -2.24. The van der Waals surface area contributed by atoms with Gasteiger partial charge in [0.25, 0.3) is 0 Å². The number of urea groups is 1. The summed E-state index contributed by atoms with van der Waals surface area (Å²) in [5.74, 6) is 2.06. The summed E-state index contributed by atoms with van der Waals surface area (Å²) in [6.45, 7) is 5.39. The lowest BCUT2D eigenvalue weighted by molar-refractivity contribution is 0.205. The van der Waals surface area contributed by atoms with Crippen LogP contribution >= 0.6 is 0 Å². The molecule has 1 N–H and O–H groups in total. The number of aromatic nitrogens is 2. The summed E-state index contributed by atoms with van der Waals surface area (Å²) in [6, 6.07) is 7.95. The van der Waals surface area contributed by atoms with E-state index in [0.717, 1.165) is 37.1 Å². The van der Waals surface area contributed by atoms with E-state index in [-0.39, 0.29) is 6.03 Å². The van der Waals surface area contributed by atoms with E-state index < -0.39 is 0 Å². The zero-order valence-electron chi connectivity index (χ0n) is 16.5. The van der Waals surface area contributed by atoms with Crippen LogP contribution < -0.4 is 14.8 Å². The number of hydrogen-bond donors (Lipinski definition) is 1. The Hall–Kier alpha value is -2.70. The van der Waals surface area contributed by atoms with Crippen molar-refractivity contribution in [2.75, 3.05) is 26.1 Å². The highest BCUT2D eigenvalue weighted by Gasteiger charge is 2.27. The molecule has 0 unspecified atom stereocenters. The third-order valence-corrected chi connectivity index (χ3v) is 5.03. The number of likely N-dealkylation sites (tertiary alicyclic amines) is 1. The Morgan fingerprint density at radius 1 is 1.26 bits per heavy atom. The summed E-state index contributed by atoms with van der Waals surface area (Å²) in [6.07, 6.45) is 3.13. The molecule has 2 aromatic rings. The quantitative estimate of drug-likeness (QED) is 0.840. The monoisotopic (exact) mass is 372 g/mol. The predicted molar refractivity (Wildman–Crippen MR) is 105 cm³/mol. The number of nitrogens with one attached hydrogen (secondary N) is 1. The van der Waals surface area contributed by atoms with Gasteiger partial charge in [-0.3, -0.25) is 5.32 Å². The van der Waals surface area contributed by atoms with Crippen molar-refractivity contribution in [2.45, 2.75) is 45.7 Å². The van der Waals surface area contributed by atoms with Crippen LogP contribution in [0.15, 0.2) is 24.3 Å². The lowest BCUT2D eigenvalue weighted by atomic mass is 10.2. The van der Waals surface area contributed by atoms with Crippen molar-refractivity contribution in [1.29, 1.82) is 0 Å². The number of amides is 2. The Morgan fingerprint density at radius 3 is 2.74 bits per heavy atom. The van der Waals surface area contributed by atoms with Gasteiger partial charge in [-0.25, -0.2) is 9.48 Å². The highest BCUT2D eigenvalue weighted by Crippen LogP contribution is 2.28. The molecule has 2 amide bonds. The smallest absolute Gasteiger partial charge is 0.323 e. The minimum absolute atomic E-state index is 0.0483. The molecule has 1 atom stereocenters. The fourth-order valence-electron chi connectivity index (χ4n) is 3.63. The Balaban J connectivity index is 1.77. The number of hydrogen-bond acceptors (Lipinski definition) is 4. The summed E-state index contributed by atoms with van der Waals surface area (Å²) in [4.78, 5) is 14.7. The van der Waals surface area contributed by atoms with Crippen molar-refractivity contribution in [3.8, 4) is 11.5 Å². The second-order valence-corrected chi connectivity index (χ2v) is 6.85. The summed E-state index contributed by atoms with van der Waals surface area (Å²) >= 11 is 0. The fourth-order valence-corrected chi connectivity index (χ4v) is 3.63. The van der Waals surface area contributed by atoms with Gasteiger partial charge < -0.3 is 14.4 Å². The summed E-state index contributed by atoms with van der Waals surface area (Å²) in [7, 11) is 3.23. The van der Waals surface area contributed by atoms with Crippen molar-refractivity contribution < 1.29 is 14.3 Å². The molecule has 1 aromatic heterocycles. The maximum absolute atomic E-state index is 12.7. The maximum Gasteiger partial charge on any atom is 0.323 e. The number of carbonyl (C=O) groups is 1. The van der Waals surface area contributed by atoms with Crippen molar-refractivity contribution in [2.24, 2.45) is 0 Å². The third kappa shape index (κ3) is 4.18. The Morgan fingerprint density at radius 2 is 2.04 bits per heavy atom. The number of carbonyl (C=O) groups excluding carboxylic acids is 1. The van der Waals surface area contributed by atoms with Crippen LogP contribution in [0, 0.1) is 6.92 Å². The first-order valence-corrected chi connectivity index (χ1v) is 9.38. The van der Waals surface area contributed by atoms with E-state index in [0.29, 0.717) is 29.9 Å². The second-order valence-electron chi connectivity index (χ2n) is 6.85.